The maximum Gasteiger partial charge on any atom is 0.251 e. The SMILES string of the molecule is O=C(NC(CBr)Cc1ccccc1)c1ccc(F)c(Cl)c1. The van der Waals surface area contributed by atoms with E-state index in [-0.39, 0.29) is 17.0 Å². The van der Waals surface area contributed by atoms with Gasteiger partial charge >= 0.3 is 0 Å². The van der Waals surface area contributed by atoms with E-state index in [1.807, 2.05) is 30.3 Å². The summed E-state index contributed by atoms with van der Waals surface area (Å²) in [5.41, 5.74) is 1.49. The van der Waals surface area contributed by atoms with Gasteiger partial charge in [-0.25, -0.2) is 4.39 Å². The third-order valence-corrected chi connectivity index (χ3v) is 4.10. The molecule has 0 saturated carbocycles. The van der Waals surface area contributed by atoms with Crippen molar-refractivity contribution in [1.82, 2.24) is 5.32 Å². The Balaban J connectivity index is 2.04. The molecule has 110 valence electrons. The van der Waals surface area contributed by atoms with Gasteiger partial charge in [0.05, 0.1) is 5.02 Å². The Hall–Kier alpha value is -1.39. The van der Waals surface area contributed by atoms with Crippen molar-refractivity contribution in [3.05, 3.63) is 70.5 Å². The van der Waals surface area contributed by atoms with Gasteiger partial charge in [0.15, 0.2) is 0 Å². The van der Waals surface area contributed by atoms with Gasteiger partial charge < -0.3 is 5.32 Å². The molecule has 2 nitrogen and oxygen atoms in total. The van der Waals surface area contributed by atoms with Crippen LogP contribution in [0.1, 0.15) is 15.9 Å². The molecule has 0 spiro atoms. The minimum atomic E-state index is -0.533. The van der Waals surface area contributed by atoms with Gasteiger partial charge in [0, 0.05) is 16.9 Å². The normalized spacial score (nSPS) is 12.0. The predicted octanol–water partition coefficient (Wildman–Crippen LogP) is 4.22. The van der Waals surface area contributed by atoms with E-state index in [4.69, 9.17) is 11.6 Å². The molecular formula is C16H14BrClFNO. The minimum Gasteiger partial charge on any atom is -0.348 e. The Morgan fingerprint density at radius 1 is 1.24 bits per heavy atom. The lowest BCUT2D eigenvalue weighted by atomic mass is 10.1. The molecule has 0 bridgehead atoms. The topological polar surface area (TPSA) is 29.1 Å². The molecule has 2 rings (SSSR count). The highest BCUT2D eigenvalue weighted by Gasteiger charge is 2.14. The van der Waals surface area contributed by atoms with Crippen LogP contribution < -0.4 is 5.32 Å². The maximum atomic E-state index is 13.1. The summed E-state index contributed by atoms with van der Waals surface area (Å²) in [4.78, 5) is 12.2. The number of halogens is 3. The molecule has 1 atom stereocenters. The molecule has 2 aromatic carbocycles. The molecule has 0 fully saturated rings. The van der Waals surface area contributed by atoms with Crippen LogP contribution in [0, 0.1) is 5.82 Å². The molecule has 2 aromatic rings. The van der Waals surface area contributed by atoms with Crippen LogP contribution in [-0.2, 0) is 6.42 Å². The average Bonchev–Trinajstić information content (AvgIpc) is 2.50. The van der Waals surface area contributed by atoms with Crippen LogP contribution >= 0.6 is 27.5 Å². The number of benzene rings is 2. The molecule has 0 aliphatic carbocycles. The van der Waals surface area contributed by atoms with Crippen LogP contribution in [0.3, 0.4) is 0 Å². The molecule has 0 heterocycles. The fourth-order valence-corrected chi connectivity index (χ4v) is 2.52. The Morgan fingerprint density at radius 2 is 1.95 bits per heavy atom. The zero-order chi connectivity index (χ0) is 15.2. The van der Waals surface area contributed by atoms with Gasteiger partial charge in [-0.2, -0.15) is 0 Å². The first-order valence-corrected chi connectivity index (χ1v) is 7.96. The first-order chi connectivity index (χ1) is 10.1. The summed E-state index contributed by atoms with van der Waals surface area (Å²) in [5.74, 6) is -0.799. The van der Waals surface area contributed by atoms with Crippen LogP contribution in [0.25, 0.3) is 0 Å². The van der Waals surface area contributed by atoms with Gasteiger partial charge in [-0.3, -0.25) is 4.79 Å². The molecule has 0 aromatic heterocycles. The number of nitrogens with one attached hydrogen (secondary N) is 1. The Kier molecular flexibility index (Phi) is 5.76. The number of hydrogen-bond donors (Lipinski definition) is 1. The number of amides is 1. The quantitative estimate of drug-likeness (QED) is 0.785. The van der Waals surface area contributed by atoms with Gasteiger partial charge in [0.2, 0.25) is 0 Å². The fraction of sp³-hybridized carbons (Fsp3) is 0.188. The zero-order valence-electron chi connectivity index (χ0n) is 11.2. The van der Waals surface area contributed by atoms with Crippen molar-refractivity contribution >= 4 is 33.4 Å². The molecule has 1 N–H and O–H groups in total. The van der Waals surface area contributed by atoms with E-state index in [0.29, 0.717) is 17.3 Å². The molecule has 0 aliphatic rings. The summed E-state index contributed by atoms with van der Waals surface area (Å²) in [6.07, 6.45) is 0.715. The number of alkyl halides is 1. The second-order valence-corrected chi connectivity index (χ2v) is 5.70. The van der Waals surface area contributed by atoms with Gasteiger partial charge in [0.25, 0.3) is 5.91 Å². The van der Waals surface area contributed by atoms with E-state index in [2.05, 4.69) is 21.2 Å². The van der Waals surface area contributed by atoms with E-state index < -0.39 is 5.82 Å². The van der Waals surface area contributed by atoms with E-state index in [1.165, 1.54) is 18.2 Å². The van der Waals surface area contributed by atoms with Crippen LogP contribution in [0.4, 0.5) is 4.39 Å². The van der Waals surface area contributed by atoms with Crippen LogP contribution in [0.15, 0.2) is 48.5 Å². The largest absolute Gasteiger partial charge is 0.348 e. The van der Waals surface area contributed by atoms with E-state index in [1.54, 1.807) is 0 Å². The van der Waals surface area contributed by atoms with E-state index in [0.717, 1.165) is 5.56 Å². The maximum absolute atomic E-state index is 13.1. The summed E-state index contributed by atoms with van der Waals surface area (Å²) < 4.78 is 13.1. The smallest absolute Gasteiger partial charge is 0.251 e. The fourth-order valence-electron chi connectivity index (χ4n) is 1.95. The highest BCUT2D eigenvalue weighted by Crippen LogP contribution is 2.16. The summed E-state index contributed by atoms with van der Waals surface area (Å²) in [7, 11) is 0. The summed E-state index contributed by atoms with van der Waals surface area (Å²) in [6, 6.07) is 13.8. The Labute approximate surface area is 136 Å². The first-order valence-electron chi connectivity index (χ1n) is 6.46. The average molecular weight is 371 g/mol. The van der Waals surface area contributed by atoms with Gasteiger partial charge in [-0.1, -0.05) is 57.9 Å². The Morgan fingerprint density at radius 3 is 2.57 bits per heavy atom. The van der Waals surface area contributed by atoms with E-state index >= 15 is 0 Å². The van der Waals surface area contributed by atoms with Crippen molar-refractivity contribution in [3.63, 3.8) is 0 Å². The number of carbonyl (C=O) groups is 1. The number of rotatable bonds is 5. The molecule has 0 aliphatic heterocycles. The van der Waals surface area contributed by atoms with Gasteiger partial charge in [-0.15, -0.1) is 0 Å². The summed E-state index contributed by atoms with van der Waals surface area (Å²) >= 11 is 9.09. The molecule has 5 heteroatoms. The summed E-state index contributed by atoms with van der Waals surface area (Å²) in [6.45, 7) is 0. The zero-order valence-corrected chi connectivity index (χ0v) is 13.5. The monoisotopic (exact) mass is 369 g/mol. The predicted molar refractivity (Wildman–Crippen MR) is 86.6 cm³/mol. The standard InChI is InChI=1S/C16H14BrClFNO/c17-10-13(8-11-4-2-1-3-5-11)20-16(21)12-6-7-15(19)14(18)9-12/h1-7,9,13H,8,10H2,(H,20,21). The van der Waals surface area contributed by atoms with Crippen molar-refractivity contribution in [2.24, 2.45) is 0 Å². The second-order valence-electron chi connectivity index (χ2n) is 4.64. The lowest BCUT2D eigenvalue weighted by Gasteiger charge is -2.16. The molecule has 1 unspecified atom stereocenters. The molecular weight excluding hydrogens is 357 g/mol. The van der Waals surface area contributed by atoms with Gasteiger partial charge in [-0.05, 0) is 30.2 Å². The second kappa shape index (κ2) is 7.57. The minimum absolute atomic E-state index is 0.0521. The van der Waals surface area contributed by atoms with Crippen molar-refractivity contribution in [2.75, 3.05) is 5.33 Å². The molecule has 21 heavy (non-hydrogen) atoms. The molecule has 0 saturated heterocycles. The highest BCUT2D eigenvalue weighted by molar-refractivity contribution is 9.09. The molecule has 1 amide bonds. The van der Waals surface area contributed by atoms with Crippen molar-refractivity contribution in [3.8, 4) is 0 Å². The van der Waals surface area contributed by atoms with Crippen LogP contribution in [0.2, 0.25) is 5.02 Å². The lowest BCUT2D eigenvalue weighted by Crippen LogP contribution is -2.37. The van der Waals surface area contributed by atoms with Crippen molar-refractivity contribution in [2.45, 2.75) is 12.5 Å². The van der Waals surface area contributed by atoms with Gasteiger partial charge in [0.1, 0.15) is 5.82 Å². The van der Waals surface area contributed by atoms with Crippen LogP contribution in [0.5, 0.6) is 0 Å². The number of hydrogen-bond acceptors (Lipinski definition) is 1. The summed E-state index contributed by atoms with van der Waals surface area (Å²) in [5, 5.41) is 3.48. The number of carbonyl (C=O) groups excluding carboxylic acids is 1. The van der Waals surface area contributed by atoms with Crippen LogP contribution in [-0.4, -0.2) is 17.3 Å². The van der Waals surface area contributed by atoms with Crippen molar-refractivity contribution < 1.29 is 9.18 Å². The lowest BCUT2D eigenvalue weighted by molar-refractivity contribution is 0.0941. The third kappa shape index (κ3) is 4.55. The third-order valence-electron chi connectivity index (χ3n) is 3.03. The first kappa shape index (κ1) is 16.0. The highest BCUT2D eigenvalue weighted by atomic mass is 79.9. The molecule has 0 radical (unpaired) electrons. The van der Waals surface area contributed by atoms with E-state index in [9.17, 15) is 9.18 Å². The van der Waals surface area contributed by atoms with Crippen molar-refractivity contribution in [1.29, 1.82) is 0 Å². The Bertz CT molecular complexity index is 621.